The molecular formula is C15H26N2O3. The van der Waals surface area contributed by atoms with Crippen molar-refractivity contribution in [2.75, 3.05) is 19.6 Å². The Morgan fingerprint density at radius 2 is 2.00 bits per heavy atom. The predicted molar refractivity (Wildman–Crippen MR) is 76.4 cm³/mol. The molecule has 1 aliphatic carbocycles. The Hall–Kier alpha value is -1.10. The van der Waals surface area contributed by atoms with Crippen LogP contribution in [0.5, 0.6) is 0 Å². The molecular weight excluding hydrogens is 256 g/mol. The molecule has 1 unspecified atom stereocenters. The van der Waals surface area contributed by atoms with Gasteiger partial charge in [0.1, 0.15) is 6.04 Å². The topological polar surface area (TPSA) is 60.9 Å². The highest BCUT2D eigenvalue weighted by molar-refractivity contribution is 5.81. The van der Waals surface area contributed by atoms with Gasteiger partial charge in [0.25, 0.3) is 0 Å². The first-order valence-electron chi connectivity index (χ1n) is 7.63. The average Bonchev–Trinajstić information content (AvgIpc) is 3.12. The molecule has 0 aromatic carbocycles. The molecule has 0 radical (unpaired) electrons. The minimum atomic E-state index is -0.808. The lowest BCUT2D eigenvalue weighted by Crippen LogP contribution is -2.56. The van der Waals surface area contributed by atoms with Crippen molar-refractivity contribution in [3.63, 3.8) is 0 Å². The normalized spacial score (nSPS) is 26.2. The van der Waals surface area contributed by atoms with Crippen LogP contribution in [0.1, 0.15) is 46.5 Å². The Kier molecular flexibility index (Phi) is 4.37. The summed E-state index contributed by atoms with van der Waals surface area (Å²) in [7, 11) is 0. The van der Waals surface area contributed by atoms with E-state index in [2.05, 4.69) is 0 Å². The summed E-state index contributed by atoms with van der Waals surface area (Å²) in [5.41, 5.74) is -0.277. The number of rotatable bonds is 5. The van der Waals surface area contributed by atoms with Crippen LogP contribution >= 0.6 is 0 Å². The van der Waals surface area contributed by atoms with Gasteiger partial charge in [0, 0.05) is 12.6 Å². The Morgan fingerprint density at radius 3 is 2.50 bits per heavy atom. The fraction of sp³-hybridized carbons (Fsp3) is 0.867. The van der Waals surface area contributed by atoms with Crippen molar-refractivity contribution in [1.82, 2.24) is 9.80 Å². The van der Waals surface area contributed by atoms with Gasteiger partial charge in [-0.25, -0.2) is 0 Å². The van der Waals surface area contributed by atoms with Crippen molar-refractivity contribution in [2.24, 2.45) is 5.41 Å². The SMILES string of the molecule is CCN(C(=O)CN1CCCC(C)(C)C1C(=O)O)C1CC1. The molecule has 1 amide bonds. The van der Waals surface area contributed by atoms with E-state index in [0.29, 0.717) is 12.6 Å². The first-order valence-corrected chi connectivity index (χ1v) is 7.63. The second-order valence-electron chi connectivity index (χ2n) is 6.71. The monoisotopic (exact) mass is 282 g/mol. The van der Waals surface area contributed by atoms with E-state index in [0.717, 1.165) is 32.2 Å². The third-order valence-electron chi connectivity index (χ3n) is 4.59. The van der Waals surface area contributed by atoms with Gasteiger partial charge in [-0.1, -0.05) is 13.8 Å². The molecule has 0 aromatic heterocycles. The van der Waals surface area contributed by atoms with E-state index in [9.17, 15) is 14.7 Å². The summed E-state index contributed by atoms with van der Waals surface area (Å²) in [6.45, 7) is 7.63. The van der Waals surface area contributed by atoms with Crippen LogP contribution in [0.15, 0.2) is 0 Å². The summed E-state index contributed by atoms with van der Waals surface area (Å²) in [4.78, 5) is 27.7. The number of carbonyl (C=O) groups is 2. The molecule has 1 saturated heterocycles. The number of carbonyl (C=O) groups excluding carboxylic acids is 1. The van der Waals surface area contributed by atoms with Crippen molar-refractivity contribution in [2.45, 2.75) is 58.5 Å². The van der Waals surface area contributed by atoms with Gasteiger partial charge in [-0.05, 0) is 44.6 Å². The van der Waals surface area contributed by atoms with E-state index in [-0.39, 0.29) is 17.9 Å². The average molecular weight is 282 g/mol. The fourth-order valence-electron chi connectivity index (χ4n) is 3.45. The molecule has 0 aromatic rings. The van der Waals surface area contributed by atoms with Crippen LogP contribution in [0.3, 0.4) is 0 Å². The number of likely N-dealkylation sites (N-methyl/N-ethyl adjacent to an activating group) is 1. The van der Waals surface area contributed by atoms with Crippen LogP contribution in [0.25, 0.3) is 0 Å². The van der Waals surface area contributed by atoms with Crippen molar-refractivity contribution in [3.8, 4) is 0 Å². The van der Waals surface area contributed by atoms with Gasteiger partial charge in [0.15, 0.2) is 0 Å². The second kappa shape index (κ2) is 5.72. The molecule has 0 spiro atoms. The Bertz CT molecular complexity index is 391. The molecule has 114 valence electrons. The first-order chi connectivity index (χ1) is 9.36. The van der Waals surface area contributed by atoms with Gasteiger partial charge in [-0.2, -0.15) is 0 Å². The van der Waals surface area contributed by atoms with Crippen molar-refractivity contribution in [1.29, 1.82) is 0 Å². The Morgan fingerprint density at radius 1 is 1.35 bits per heavy atom. The quantitative estimate of drug-likeness (QED) is 0.831. The minimum absolute atomic E-state index is 0.0824. The molecule has 20 heavy (non-hydrogen) atoms. The number of carboxylic acids is 1. The third-order valence-corrected chi connectivity index (χ3v) is 4.59. The zero-order valence-electron chi connectivity index (χ0n) is 12.8. The molecule has 1 aliphatic heterocycles. The lowest BCUT2D eigenvalue weighted by Gasteiger charge is -2.44. The highest BCUT2D eigenvalue weighted by atomic mass is 16.4. The molecule has 5 heteroatoms. The maximum atomic E-state index is 12.4. The van der Waals surface area contributed by atoms with Gasteiger partial charge >= 0.3 is 5.97 Å². The molecule has 2 rings (SSSR count). The van der Waals surface area contributed by atoms with E-state index >= 15 is 0 Å². The zero-order valence-corrected chi connectivity index (χ0v) is 12.8. The third kappa shape index (κ3) is 3.14. The Balaban J connectivity index is 2.05. The largest absolute Gasteiger partial charge is 0.480 e. The van der Waals surface area contributed by atoms with Crippen molar-refractivity contribution >= 4 is 11.9 Å². The molecule has 1 heterocycles. The smallest absolute Gasteiger partial charge is 0.321 e. The lowest BCUT2D eigenvalue weighted by molar-refractivity contribution is -0.152. The van der Waals surface area contributed by atoms with Gasteiger partial charge in [0.2, 0.25) is 5.91 Å². The lowest BCUT2D eigenvalue weighted by atomic mass is 9.76. The molecule has 1 N–H and O–H groups in total. The maximum absolute atomic E-state index is 12.4. The van der Waals surface area contributed by atoms with Crippen molar-refractivity contribution < 1.29 is 14.7 Å². The van der Waals surface area contributed by atoms with Gasteiger partial charge in [-0.3, -0.25) is 14.5 Å². The molecule has 0 bridgehead atoms. The van der Waals surface area contributed by atoms with Crippen LogP contribution in [0.4, 0.5) is 0 Å². The van der Waals surface area contributed by atoms with Gasteiger partial charge in [-0.15, -0.1) is 0 Å². The van der Waals surface area contributed by atoms with Gasteiger partial charge < -0.3 is 10.0 Å². The van der Waals surface area contributed by atoms with Crippen LogP contribution in [-0.2, 0) is 9.59 Å². The number of hydrogen-bond donors (Lipinski definition) is 1. The number of likely N-dealkylation sites (tertiary alicyclic amines) is 1. The summed E-state index contributed by atoms with van der Waals surface area (Å²) >= 11 is 0. The van der Waals surface area contributed by atoms with Crippen LogP contribution in [-0.4, -0.2) is 58.5 Å². The van der Waals surface area contributed by atoms with Crippen molar-refractivity contribution in [3.05, 3.63) is 0 Å². The molecule has 1 saturated carbocycles. The van der Waals surface area contributed by atoms with Crippen LogP contribution < -0.4 is 0 Å². The summed E-state index contributed by atoms with van der Waals surface area (Å²) in [5, 5.41) is 9.51. The number of hydrogen-bond acceptors (Lipinski definition) is 3. The molecule has 2 aliphatic rings. The number of piperidine rings is 1. The minimum Gasteiger partial charge on any atom is -0.480 e. The summed E-state index contributed by atoms with van der Waals surface area (Å²) < 4.78 is 0. The summed E-state index contributed by atoms with van der Waals surface area (Å²) in [5.74, 6) is -0.726. The van der Waals surface area contributed by atoms with E-state index in [1.54, 1.807) is 0 Å². The second-order valence-corrected chi connectivity index (χ2v) is 6.71. The van der Waals surface area contributed by atoms with E-state index < -0.39 is 12.0 Å². The highest BCUT2D eigenvalue weighted by Gasteiger charge is 2.43. The number of amides is 1. The molecule has 5 nitrogen and oxygen atoms in total. The first kappa shape index (κ1) is 15.3. The zero-order chi connectivity index (χ0) is 14.9. The highest BCUT2D eigenvalue weighted by Crippen LogP contribution is 2.35. The number of nitrogens with zero attached hydrogens (tertiary/aromatic N) is 2. The predicted octanol–water partition coefficient (Wildman–Crippen LogP) is 1.57. The van der Waals surface area contributed by atoms with Crippen LogP contribution in [0.2, 0.25) is 0 Å². The summed E-state index contributed by atoms with van der Waals surface area (Å²) in [6.07, 6.45) is 4.04. The maximum Gasteiger partial charge on any atom is 0.321 e. The van der Waals surface area contributed by atoms with E-state index in [4.69, 9.17) is 0 Å². The van der Waals surface area contributed by atoms with E-state index in [1.165, 1.54) is 0 Å². The number of aliphatic carboxylic acids is 1. The van der Waals surface area contributed by atoms with Gasteiger partial charge in [0.05, 0.1) is 6.54 Å². The number of carboxylic acid groups (broad SMARTS) is 1. The standard InChI is InChI=1S/C15H26N2O3/c1-4-17(11-6-7-11)12(18)10-16-9-5-8-15(2,3)13(16)14(19)20/h11,13H,4-10H2,1-3H3,(H,19,20). The fourth-order valence-corrected chi connectivity index (χ4v) is 3.45. The van der Waals surface area contributed by atoms with E-state index in [1.807, 2.05) is 30.6 Å². The molecule has 1 atom stereocenters. The molecule has 2 fully saturated rings. The van der Waals surface area contributed by atoms with Crippen LogP contribution in [0, 0.1) is 5.41 Å². The summed E-state index contributed by atoms with van der Waals surface area (Å²) in [6, 6.07) is -0.160. The Labute approximate surface area is 120 Å².